The first-order valence-corrected chi connectivity index (χ1v) is 9.11. The summed E-state index contributed by atoms with van der Waals surface area (Å²) in [6, 6.07) is 9.08. The van der Waals surface area contributed by atoms with Crippen LogP contribution in [0.15, 0.2) is 41.5 Å². The summed E-state index contributed by atoms with van der Waals surface area (Å²) in [5, 5.41) is 10.0. The maximum atomic E-state index is 14.8. The molecule has 26 heavy (non-hydrogen) atoms. The lowest BCUT2D eigenvalue weighted by molar-refractivity contribution is -0.134. The van der Waals surface area contributed by atoms with Gasteiger partial charge in [-0.25, -0.2) is 9.38 Å². The van der Waals surface area contributed by atoms with E-state index in [0.717, 1.165) is 43.5 Å². The molecule has 138 valence electrons. The van der Waals surface area contributed by atoms with Crippen LogP contribution in [0.2, 0.25) is 0 Å². The summed E-state index contributed by atoms with van der Waals surface area (Å²) in [6.07, 6.45) is 6.63. The second-order valence-electron chi connectivity index (χ2n) is 7.07. The number of hydrogen-bond acceptors (Lipinski definition) is 5. The van der Waals surface area contributed by atoms with E-state index in [1.165, 1.54) is 0 Å². The van der Waals surface area contributed by atoms with Crippen molar-refractivity contribution in [3.05, 3.63) is 47.7 Å². The van der Waals surface area contributed by atoms with Crippen LogP contribution in [0.4, 0.5) is 10.2 Å². The lowest BCUT2D eigenvalue weighted by Gasteiger charge is -2.48. The largest absolute Gasteiger partial charge is 0.367 e. The molecule has 0 saturated heterocycles. The smallest absolute Gasteiger partial charge is 0.169 e. The molecule has 2 unspecified atom stereocenters. The molecule has 7 heteroatoms. The molecule has 1 aromatic carbocycles. The molecule has 1 saturated carbocycles. The Morgan fingerprint density at radius 3 is 2.73 bits per heavy atom. The second kappa shape index (κ2) is 6.81. The van der Waals surface area contributed by atoms with E-state index in [9.17, 15) is 4.39 Å². The number of rotatable bonds is 5. The quantitative estimate of drug-likeness (QED) is 0.765. The summed E-state index contributed by atoms with van der Waals surface area (Å²) in [4.78, 5) is 4.56. The van der Waals surface area contributed by atoms with Gasteiger partial charge in [0.2, 0.25) is 0 Å². The molecule has 0 radical (unpaired) electrons. The number of H-pyrrole nitrogens is 1. The first-order chi connectivity index (χ1) is 12.6. The molecule has 1 aromatic heterocycles. The van der Waals surface area contributed by atoms with Crippen molar-refractivity contribution in [3.8, 4) is 0 Å². The van der Waals surface area contributed by atoms with Crippen LogP contribution in [0, 0.1) is 0 Å². The van der Waals surface area contributed by atoms with Crippen molar-refractivity contribution in [2.75, 3.05) is 11.9 Å². The highest BCUT2D eigenvalue weighted by molar-refractivity contribution is 5.79. The third-order valence-corrected chi connectivity index (χ3v) is 5.55. The maximum absolute atomic E-state index is 14.8. The molecule has 4 rings (SSSR count). The number of aliphatic imine (C=N–C) groups is 1. The molecule has 2 aliphatic rings. The summed E-state index contributed by atoms with van der Waals surface area (Å²) in [6.45, 7) is -0.0426. The monoisotopic (exact) mass is 357 g/mol. The van der Waals surface area contributed by atoms with Crippen molar-refractivity contribution in [2.45, 2.75) is 49.5 Å². The van der Waals surface area contributed by atoms with Gasteiger partial charge >= 0.3 is 0 Å². The van der Waals surface area contributed by atoms with Gasteiger partial charge in [-0.1, -0.05) is 49.6 Å². The van der Waals surface area contributed by atoms with Crippen molar-refractivity contribution in [3.63, 3.8) is 0 Å². The number of aromatic nitrogens is 2. The molecule has 6 nitrogen and oxygen atoms in total. The fourth-order valence-corrected chi connectivity index (χ4v) is 4.07. The Balaban J connectivity index is 1.62. The molecule has 1 aliphatic heterocycles. The standard InChI is InChI=1S/C19H24FN5O/c20-16(14-7-3-1-4-8-14)12-26-18(9-5-2-6-10-18)19(21)15-11-24-25-17(15)22-13-23-19/h1,3-4,7-8,11,13,16H,2,5-6,9-10,12,21H2,(H2,22,23,24,25). The molecule has 2 aromatic rings. The van der Waals surface area contributed by atoms with Crippen molar-refractivity contribution in [2.24, 2.45) is 10.7 Å². The molecule has 1 aliphatic carbocycles. The van der Waals surface area contributed by atoms with Crippen molar-refractivity contribution < 1.29 is 9.13 Å². The molecule has 4 N–H and O–H groups in total. The van der Waals surface area contributed by atoms with E-state index in [1.54, 1.807) is 24.7 Å². The number of nitrogens with zero attached hydrogens (tertiary/aromatic N) is 2. The molecule has 0 amide bonds. The third kappa shape index (κ3) is 2.81. The Bertz CT molecular complexity index is 771. The Morgan fingerprint density at radius 2 is 1.96 bits per heavy atom. The van der Waals surface area contributed by atoms with Gasteiger partial charge in [-0.15, -0.1) is 0 Å². The van der Waals surface area contributed by atoms with Gasteiger partial charge in [-0.3, -0.25) is 5.10 Å². The zero-order valence-corrected chi connectivity index (χ0v) is 14.6. The second-order valence-corrected chi connectivity index (χ2v) is 7.07. The maximum Gasteiger partial charge on any atom is 0.169 e. The minimum absolute atomic E-state index is 0.0426. The lowest BCUT2D eigenvalue weighted by Crippen LogP contribution is -2.60. The number of aromatic amines is 1. The highest BCUT2D eigenvalue weighted by Crippen LogP contribution is 2.47. The van der Waals surface area contributed by atoms with E-state index in [0.29, 0.717) is 5.56 Å². The van der Waals surface area contributed by atoms with Crippen LogP contribution >= 0.6 is 0 Å². The van der Waals surface area contributed by atoms with Crippen LogP contribution in [0.1, 0.15) is 49.4 Å². The van der Waals surface area contributed by atoms with Crippen LogP contribution < -0.4 is 11.1 Å². The van der Waals surface area contributed by atoms with Gasteiger partial charge in [0.1, 0.15) is 17.6 Å². The van der Waals surface area contributed by atoms with Gasteiger partial charge in [0.15, 0.2) is 5.66 Å². The Kier molecular flexibility index (Phi) is 4.50. The molecule has 0 spiro atoms. The summed E-state index contributed by atoms with van der Waals surface area (Å²) in [5.41, 5.74) is 6.34. The molecular formula is C19H24FN5O. The van der Waals surface area contributed by atoms with Gasteiger partial charge in [0.25, 0.3) is 0 Å². The lowest BCUT2D eigenvalue weighted by atomic mass is 9.72. The number of fused-ring (bicyclic) bond motifs is 1. The zero-order valence-electron chi connectivity index (χ0n) is 14.6. The van der Waals surface area contributed by atoms with Gasteiger partial charge in [0.05, 0.1) is 24.7 Å². The predicted molar refractivity (Wildman–Crippen MR) is 98.6 cm³/mol. The Labute approximate surface area is 152 Å². The van der Waals surface area contributed by atoms with Gasteiger partial charge in [-0.2, -0.15) is 5.10 Å². The number of nitrogens with two attached hydrogens (primary N) is 1. The van der Waals surface area contributed by atoms with E-state index in [4.69, 9.17) is 10.5 Å². The Hall–Kier alpha value is -2.25. The van der Waals surface area contributed by atoms with E-state index in [2.05, 4.69) is 20.5 Å². The normalized spacial score (nSPS) is 25.3. The zero-order chi connectivity index (χ0) is 18.0. The Morgan fingerprint density at radius 1 is 1.19 bits per heavy atom. The number of benzene rings is 1. The summed E-state index contributed by atoms with van der Waals surface area (Å²) in [7, 11) is 0. The number of anilines is 1. The number of ether oxygens (including phenoxy) is 1. The van der Waals surface area contributed by atoms with Crippen molar-refractivity contribution in [1.29, 1.82) is 0 Å². The van der Waals surface area contributed by atoms with Crippen molar-refractivity contribution in [1.82, 2.24) is 10.2 Å². The molecule has 2 atom stereocenters. The third-order valence-electron chi connectivity index (χ3n) is 5.55. The van der Waals surface area contributed by atoms with Gasteiger partial charge < -0.3 is 15.8 Å². The topological polar surface area (TPSA) is 88.3 Å². The summed E-state index contributed by atoms with van der Waals surface area (Å²) < 4.78 is 21.0. The molecular weight excluding hydrogens is 333 g/mol. The molecule has 0 bridgehead atoms. The number of nitrogens with one attached hydrogen (secondary N) is 2. The average Bonchev–Trinajstić information content (AvgIpc) is 3.18. The van der Waals surface area contributed by atoms with Crippen LogP contribution in [-0.4, -0.2) is 28.7 Å². The first kappa shape index (κ1) is 17.2. The van der Waals surface area contributed by atoms with Gasteiger partial charge in [0, 0.05) is 0 Å². The van der Waals surface area contributed by atoms with E-state index < -0.39 is 17.4 Å². The van der Waals surface area contributed by atoms with Crippen LogP contribution in [0.25, 0.3) is 0 Å². The van der Waals surface area contributed by atoms with E-state index in [1.807, 2.05) is 18.2 Å². The minimum Gasteiger partial charge on any atom is -0.367 e. The number of halogens is 1. The van der Waals surface area contributed by atoms with Crippen LogP contribution in [0.5, 0.6) is 0 Å². The fourth-order valence-electron chi connectivity index (χ4n) is 4.07. The highest BCUT2D eigenvalue weighted by Gasteiger charge is 2.54. The minimum atomic E-state index is -1.20. The van der Waals surface area contributed by atoms with E-state index in [-0.39, 0.29) is 6.61 Å². The van der Waals surface area contributed by atoms with Crippen molar-refractivity contribution >= 4 is 12.2 Å². The van der Waals surface area contributed by atoms with Gasteiger partial charge in [-0.05, 0) is 18.4 Å². The summed E-state index contributed by atoms with van der Waals surface area (Å²) in [5.74, 6) is 0.718. The first-order valence-electron chi connectivity index (χ1n) is 9.11. The summed E-state index contributed by atoms with van der Waals surface area (Å²) >= 11 is 0. The predicted octanol–water partition coefficient (Wildman–Crippen LogP) is 3.41. The van der Waals surface area contributed by atoms with E-state index >= 15 is 0 Å². The van der Waals surface area contributed by atoms with Crippen LogP contribution in [-0.2, 0) is 10.4 Å². The van der Waals surface area contributed by atoms with Crippen LogP contribution in [0.3, 0.4) is 0 Å². The molecule has 2 heterocycles. The number of alkyl halides is 1. The highest BCUT2D eigenvalue weighted by atomic mass is 19.1. The molecule has 1 fully saturated rings. The fraction of sp³-hybridized carbons (Fsp3) is 0.474. The number of hydrogen-bond donors (Lipinski definition) is 3. The average molecular weight is 357 g/mol. The SMILES string of the molecule is NC1(C2(OCC(F)c3ccccc3)CCCCC2)N=CNc2[nH]ncc21.